The van der Waals surface area contributed by atoms with Crippen molar-refractivity contribution in [3.63, 3.8) is 0 Å². The fourth-order valence-electron chi connectivity index (χ4n) is 2.75. The summed E-state index contributed by atoms with van der Waals surface area (Å²) in [7, 11) is 1.58. The van der Waals surface area contributed by atoms with E-state index in [4.69, 9.17) is 4.74 Å². The number of ether oxygens (including phenoxy) is 1. The van der Waals surface area contributed by atoms with Gasteiger partial charge in [0, 0.05) is 43.5 Å². The van der Waals surface area contributed by atoms with Gasteiger partial charge < -0.3 is 9.29 Å². The van der Waals surface area contributed by atoms with E-state index in [9.17, 15) is 9.35 Å². The fourth-order valence-corrected chi connectivity index (χ4v) is 4.92. The second-order valence-electron chi connectivity index (χ2n) is 5.53. The van der Waals surface area contributed by atoms with Crippen molar-refractivity contribution in [3.8, 4) is 5.75 Å². The lowest BCUT2D eigenvalue weighted by atomic mass is 10.2. The van der Waals surface area contributed by atoms with Gasteiger partial charge in [-0.1, -0.05) is 18.2 Å². The monoisotopic (exact) mass is 366 g/mol. The van der Waals surface area contributed by atoms with Crippen LogP contribution in [-0.4, -0.2) is 11.7 Å². The molecular formula is C20H14O3S2. The maximum atomic E-state index is 12.9. The Morgan fingerprint density at radius 3 is 2.48 bits per heavy atom. The van der Waals surface area contributed by atoms with Crippen LogP contribution in [0.4, 0.5) is 0 Å². The second-order valence-corrected chi connectivity index (χ2v) is 8.10. The summed E-state index contributed by atoms with van der Waals surface area (Å²) in [5.74, 6) is 0.657. The Balaban J connectivity index is 1.86. The highest BCUT2D eigenvalue weighted by atomic mass is 32.2. The van der Waals surface area contributed by atoms with Crippen LogP contribution in [0.1, 0.15) is 0 Å². The molecule has 124 valence electrons. The summed E-state index contributed by atoms with van der Waals surface area (Å²) in [5, 5.41) is 1.31. The minimum absolute atomic E-state index is 0.0196. The van der Waals surface area contributed by atoms with E-state index in [2.05, 4.69) is 0 Å². The van der Waals surface area contributed by atoms with E-state index in [0.29, 0.717) is 26.3 Å². The molecule has 0 bridgehead atoms. The van der Waals surface area contributed by atoms with Crippen molar-refractivity contribution < 1.29 is 9.29 Å². The zero-order valence-electron chi connectivity index (χ0n) is 13.4. The van der Waals surface area contributed by atoms with Crippen molar-refractivity contribution in [1.82, 2.24) is 0 Å². The van der Waals surface area contributed by atoms with E-state index in [0.717, 1.165) is 9.40 Å². The van der Waals surface area contributed by atoms with Gasteiger partial charge in [-0.15, -0.1) is 11.3 Å². The van der Waals surface area contributed by atoms with Crippen LogP contribution in [0, 0.1) is 0 Å². The summed E-state index contributed by atoms with van der Waals surface area (Å²) in [5.41, 5.74) is -0.0196. The third-order valence-electron chi connectivity index (χ3n) is 4.02. The van der Waals surface area contributed by atoms with Crippen LogP contribution in [0.5, 0.6) is 5.75 Å². The largest absolute Gasteiger partial charge is 0.606 e. The first-order valence-corrected chi connectivity index (χ1v) is 9.65. The van der Waals surface area contributed by atoms with Gasteiger partial charge in [0.25, 0.3) is 0 Å². The van der Waals surface area contributed by atoms with Crippen LogP contribution in [0.15, 0.2) is 81.3 Å². The molecule has 25 heavy (non-hydrogen) atoms. The van der Waals surface area contributed by atoms with Crippen molar-refractivity contribution >= 4 is 42.7 Å². The van der Waals surface area contributed by atoms with Crippen LogP contribution in [0.2, 0.25) is 0 Å². The molecule has 0 aliphatic heterocycles. The number of fused-ring (bicyclic) bond motifs is 2. The summed E-state index contributed by atoms with van der Waals surface area (Å²) in [6.07, 6.45) is 0. The van der Waals surface area contributed by atoms with Crippen LogP contribution in [0.25, 0.3) is 20.2 Å². The molecule has 5 heteroatoms. The van der Waals surface area contributed by atoms with E-state index in [1.54, 1.807) is 36.6 Å². The van der Waals surface area contributed by atoms with Crippen molar-refractivity contribution in [1.29, 1.82) is 0 Å². The topological polar surface area (TPSA) is 49.4 Å². The molecule has 0 saturated heterocycles. The van der Waals surface area contributed by atoms with Gasteiger partial charge in [0.1, 0.15) is 5.75 Å². The van der Waals surface area contributed by atoms with E-state index in [-0.39, 0.29) is 5.43 Å². The maximum absolute atomic E-state index is 12.9. The van der Waals surface area contributed by atoms with Crippen molar-refractivity contribution in [2.24, 2.45) is 0 Å². The summed E-state index contributed by atoms with van der Waals surface area (Å²) in [4.78, 5) is 14.0. The Bertz CT molecular complexity index is 1130. The SMILES string of the molecule is COc1cccc([S+]([O-])c2ccc3sc4ccccc4c(=O)c3c2)c1. The van der Waals surface area contributed by atoms with Gasteiger partial charge in [-0.3, -0.25) is 4.79 Å². The molecule has 1 aromatic heterocycles. The number of rotatable bonds is 3. The first kappa shape index (κ1) is 16.1. The standard InChI is InChI=1S/C20H14O3S2/c1-23-13-5-4-6-14(11-13)25(22)15-9-10-19-17(12-15)20(21)16-7-2-3-8-18(16)24-19/h2-12H,1H3. The number of methoxy groups -OCH3 is 1. The van der Waals surface area contributed by atoms with E-state index < -0.39 is 11.2 Å². The van der Waals surface area contributed by atoms with Gasteiger partial charge in [-0.05, 0) is 36.4 Å². The number of hydrogen-bond donors (Lipinski definition) is 0. The molecule has 1 unspecified atom stereocenters. The first-order chi connectivity index (χ1) is 12.2. The van der Waals surface area contributed by atoms with E-state index in [1.807, 2.05) is 48.5 Å². The zero-order chi connectivity index (χ0) is 17.4. The van der Waals surface area contributed by atoms with Gasteiger partial charge in [0.05, 0.1) is 7.11 Å². The molecule has 0 saturated carbocycles. The highest BCUT2D eigenvalue weighted by Gasteiger charge is 2.17. The lowest BCUT2D eigenvalue weighted by molar-refractivity contribution is 0.413. The highest BCUT2D eigenvalue weighted by Crippen LogP contribution is 2.29. The normalized spacial score (nSPS) is 12.4. The second kappa shape index (κ2) is 6.52. The molecule has 0 aliphatic carbocycles. The predicted octanol–water partition coefficient (Wildman–Crippen LogP) is 4.59. The maximum Gasteiger partial charge on any atom is 0.196 e. The lowest BCUT2D eigenvalue weighted by Crippen LogP contribution is -2.05. The van der Waals surface area contributed by atoms with Gasteiger partial charge in [0.2, 0.25) is 0 Å². The van der Waals surface area contributed by atoms with Crippen LogP contribution in [0.3, 0.4) is 0 Å². The summed E-state index contributed by atoms with van der Waals surface area (Å²) in [6.45, 7) is 0. The highest BCUT2D eigenvalue weighted by molar-refractivity contribution is 7.91. The fraction of sp³-hybridized carbons (Fsp3) is 0.0500. The molecular weight excluding hydrogens is 352 g/mol. The molecule has 1 heterocycles. The molecule has 0 amide bonds. The van der Waals surface area contributed by atoms with E-state index >= 15 is 0 Å². The summed E-state index contributed by atoms with van der Waals surface area (Å²) in [6, 6.07) is 20.2. The van der Waals surface area contributed by atoms with Gasteiger partial charge in [0.15, 0.2) is 15.2 Å². The van der Waals surface area contributed by atoms with Crippen molar-refractivity contribution in [2.45, 2.75) is 9.79 Å². The lowest BCUT2D eigenvalue weighted by Gasteiger charge is -2.11. The Morgan fingerprint density at radius 1 is 0.880 bits per heavy atom. The third kappa shape index (κ3) is 2.91. The molecule has 0 fully saturated rings. The van der Waals surface area contributed by atoms with Gasteiger partial charge >= 0.3 is 0 Å². The number of benzene rings is 3. The smallest absolute Gasteiger partial charge is 0.196 e. The van der Waals surface area contributed by atoms with E-state index in [1.165, 1.54) is 0 Å². The molecule has 3 aromatic carbocycles. The summed E-state index contributed by atoms with van der Waals surface area (Å²) < 4.78 is 19.9. The van der Waals surface area contributed by atoms with Crippen molar-refractivity contribution in [3.05, 3.63) is 77.0 Å². The third-order valence-corrected chi connectivity index (χ3v) is 6.53. The molecule has 1 atom stereocenters. The Labute approximate surface area is 151 Å². The Kier molecular flexibility index (Phi) is 4.21. The number of hydrogen-bond acceptors (Lipinski definition) is 4. The minimum Gasteiger partial charge on any atom is -0.606 e. The molecule has 4 rings (SSSR count). The van der Waals surface area contributed by atoms with Gasteiger partial charge in [-0.2, -0.15) is 0 Å². The van der Waals surface area contributed by atoms with Crippen LogP contribution < -0.4 is 10.2 Å². The van der Waals surface area contributed by atoms with Crippen LogP contribution >= 0.6 is 11.3 Å². The van der Waals surface area contributed by atoms with Crippen molar-refractivity contribution in [2.75, 3.05) is 7.11 Å². The minimum atomic E-state index is -1.37. The molecule has 0 radical (unpaired) electrons. The van der Waals surface area contributed by atoms with Crippen LogP contribution in [-0.2, 0) is 11.2 Å². The first-order valence-electron chi connectivity index (χ1n) is 7.69. The Morgan fingerprint density at radius 2 is 1.64 bits per heavy atom. The quantitative estimate of drug-likeness (QED) is 0.394. The zero-order valence-corrected chi connectivity index (χ0v) is 15.0. The molecule has 0 N–H and O–H groups in total. The molecule has 0 aliphatic rings. The average molecular weight is 366 g/mol. The molecule has 3 nitrogen and oxygen atoms in total. The Hall–Kier alpha value is -2.34. The van der Waals surface area contributed by atoms with Gasteiger partial charge in [-0.25, -0.2) is 0 Å². The molecule has 4 aromatic rings. The summed E-state index contributed by atoms with van der Waals surface area (Å²) >= 11 is 0.198. The predicted molar refractivity (Wildman–Crippen MR) is 103 cm³/mol. The average Bonchev–Trinajstić information content (AvgIpc) is 2.67. The molecule has 0 spiro atoms.